The molecule has 0 radical (unpaired) electrons. The highest BCUT2D eigenvalue weighted by molar-refractivity contribution is 6.03. The van der Waals surface area contributed by atoms with Gasteiger partial charge in [0.15, 0.2) is 0 Å². The number of amides is 1. The standard InChI is InChI=1S/C20H21FN6O/c1-26-17(11-16(25-26)14-5-7-15(21)8-6-14)20(28)24-18-12-19(23-13-22-18)27-9-3-2-4-10-27/h5-8,11-13H,2-4,9-10H2,1H3,(H,22,23,24,28). The number of piperidine rings is 1. The number of carbonyl (C=O) groups excluding carboxylic acids is 1. The van der Waals surface area contributed by atoms with Crippen LogP contribution in [0, 0.1) is 5.82 Å². The van der Waals surface area contributed by atoms with Gasteiger partial charge in [-0.25, -0.2) is 14.4 Å². The van der Waals surface area contributed by atoms with Gasteiger partial charge in [-0.05, 0) is 49.6 Å². The number of hydrogen-bond acceptors (Lipinski definition) is 5. The van der Waals surface area contributed by atoms with E-state index in [2.05, 4.69) is 25.3 Å². The average Bonchev–Trinajstić information content (AvgIpc) is 3.11. The summed E-state index contributed by atoms with van der Waals surface area (Å²) >= 11 is 0. The number of halogens is 1. The molecule has 144 valence electrons. The molecule has 0 spiro atoms. The lowest BCUT2D eigenvalue weighted by molar-refractivity contribution is 0.101. The fraction of sp³-hybridized carbons (Fsp3) is 0.300. The van der Waals surface area contributed by atoms with E-state index in [4.69, 9.17) is 0 Å². The molecule has 28 heavy (non-hydrogen) atoms. The summed E-state index contributed by atoms with van der Waals surface area (Å²) in [4.78, 5) is 23.4. The number of carbonyl (C=O) groups is 1. The SMILES string of the molecule is Cn1nc(-c2ccc(F)cc2)cc1C(=O)Nc1cc(N2CCCCC2)ncn1. The van der Waals surface area contributed by atoms with E-state index in [-0.39, 0.29) is 11.7 Å². The maximum atomic E-state index is 13.1. The minimum absolute atomic E-state index is 0.313. The molecule has 1 saturated heterocycles. The van der Waals surface area contributed by atoms with Gasteiger partial charge >= 0.3 is 0 Å². The van der Waals surface area contributed by atoms with Crippen LogP contribution >= 0.6 is 0 Å². The highest BCUT2D eigenvalue weighted by Crippen LogP contribution is 2.21. The highest BCUT2D eigenvalue weighted by atomic mass is 19.1. The van der Waals surface area contributed by atoms with Crippen LogP contribution in [-0.2, 0) is 7.05 Å². The predicted octanol–water partition coefficient (Wildman–Crippen LogP) is 3.26. The largest absolute Gasteiger partial charge is 0.356 e. The summed E-state index contributed by atoms with van der Waals surface area (Å²) in [6.45, 7) is 1.93. The number of hydrogen-bond donors (Lipinski definition) is 1. The van der Waals surface area contributed by atoms with Crippen molar-refractivity contribution < 1.29 is 9.18 Å². The maximum absolute atomic E-state index is 13.1. The summed E-state index contributed by atoms with van der Waals surface area (Å²) < 4.78 is 14.6. The van der Waals surface area contributed by atoms with E-state index in [0.29, 0.717) is 17.2 Å². The Labute approximate surface area is 162 Å². The van der Waals surface area contributed by atoms with Gasteiger partial charge in [0.2, 0.25) is 0 Å². The lowest BCUT2D eigenvalue weighted by atomic mass is 10.1. The third kappa shape index (κ3) is 3.85. The molecular formula is C20H21FN6O. The molecule has 0 saturated carbocycles. The van der Waals surface area contributed by atoms with Crippen LogP contribution in [0.3, 0.4) is 0 Å². The molecule has 3 heterocycles. The topological polar surface area (TPSA) is 75.9 Å². The Bertz CT molecular complexity index is 979. The lowest BCUT2D eigenvalue weighted by Crippen LogP contribution is -2.30. The summed E-state index contributed by atoms with van der Waals surface area (Å²) in [5.74, 6) is 0.643. The van der Waals surface area contributed by atoms with E-state index in [0.717, 1.165) is 37.3 Å². The first-order chi connectivity index (χ1) is 13.6. The molecule has 3 aromatic rings. The zero-order chi connectivity index (χ0) is 19.5. The van der Waals surface area contributed by atoms with Gasteiger partial charge in [-0.1, -0.05) is 0 Å². The highest BCUT2D eigenvalue weighted by Gasteiger charge is 2.17. The van der Waals surface area contributed by atoms with Gasteiger partial charge in [-0.15, -0.1) is 0 Å². The van der Waals surface area contributed by atoms with Gasteiger partial charge in [-0.3, -0.25) is 9.48 Å². The summed E-state index contributed by atoms with van der Waals surface area (Å²) in [7, 11) is 1.70. The van der Waals surface area contributed by atoms with Crippen molar-refractivity contribution in [3.63, 3.8) is 0 Å². The molecule has 0 bridgehead atoms. The number of nitrogens with one attached hydrogen (secondary N) is 1. The monoisotopic (exact) mass is 380 g/mol. The Hall–Kier alpha value is -3.29. The molecule has 1 amide bonds. The Balaban J connectivity index is 1.52. The normalized spacial score (nSPS) is 14.1. The van der Waals surface area contributed by atoms with Crippen LogP contribution in [0.15, 0.2) is 42.7 Å². The van der Waals surface area contributed by atoms with Gasteiger partial charge < -0.3 is 10.2 Å². The van der Waals surface area contributed by atoms with Crippen LogP contribution in [0.25, 0.3) is 11.3 Å². The van der Waals surface area contributed by atoms with Crippen LogP contribution in [0.4, 0.5) is 16.0 Å². The molecule has 1 aliphatic heterocycles. The van der Waals surface area contributed by atoms with Crippen molar-refractivity contribution in [2.75, 3.05) is 23.3 Å². The molecule has 8 heteroatoms. The molecule has 4 rings (SSSR count). The fourth-order valence-corrected chi connectivity index (χ4v) is 3.33. The summed E-state index contributed by atoms with van der Waals surface area (Å²) in [6.07, 6.45) is 4.99. The number of aryl methyl sites for hydroxylation is 1. The van der Waals surface area contributed by atoms with Crippen molar-refractivity contribution in [1.82, 2.24) is 19.7 Å². The predicted molar refractivity (Wildman–Crippen MR) is 105 cm³/mol. The zero-order valence-electron chi connectivity index (χ0n) is 15.6. The van der Waals surface area contributed by atoms with Gasteiger partial charge in [-0.2, -0.15) is 5.10 Å². The number of aromatic nitrogens is 4. The Morgan fingerprint density at radius 1 is 1.07 bits per heavy atom. The molecule has 0 unspecified atom stereocenters. The smallest absolute Gasteiger partial charge is 0.275 e. The Morgan fingerprint density at radius 3 is 2.57 bits per heavy atom. The van der Waals surface area contributed by atoms with Crippen molar-refractivity contribution in [1.29, 1.82) is 0 Å². The minimum Gasteiger partial charge on any atom is -0.356 e. The fourth-order valence-electron chi connectivity index (χ4n) is 3.33. The Kier molecular flexibility index (Phi) is 5.01. The van der Waals surface area contributed by atoms with E-state index >= 15 is 0 Å². The number of rotatable bonds is 4. The molecule has 1 aromatic carbocycles. The third-order valence-corrected chi connectivity index (χ3v) is 4.83. The van der Waals surface area contributed by atoms with E-state index in [1.807, 2.05) is 0 Å². The van der Waals surface area contributed by atoms with Crippen LogP contribution in [0.2, 0.25) is 0 Å². The first-order valence-electron chi connectivity index (χ1n) is 9.28. The maximum Gasteiger partial charge on any atom is 0.275 e. The van der Waals surface area contributed by atoms with Gasteiger partial charge in [0.25, 0.3) is 5.91 Å². The van der Waals surface area contributed by atoms with Gasteiger partial charge in [0, 0.05) is 31.8 Å². The van der Waals surface area contributed by atoms with Crippen molar-refractivity contribution in [2.24, 2.45) is 7.05 Å². The van der Waals surface area contributed by atoms with E-state index < -0.39 is 0 Å². The van der Waals surface area contributed by atoms with Crippen LogP contribution in [0.1, 0.15) is 29.8 Å². The van der Waals surface area contributed by atoms with E-state index in [1.165, 1.54) is 29.6 Å². The van der Waals surface area contributed by atoms with Crippen molar-refractivity contribution in [2.45, 2.75) is 19.3 Å². The second kappa shape index (κ2) is 7.75. The second-order valence-corrected chi connectivity index (χ2v) is 6.81. The molecule has 1 aliphatic rings. The van der Waals surface area contributed by atoms with Crippen molar-refractivity contribution in [3.8, 4) is 11.3 Å². The first-order valence-corrected chi connectivity index (χ1v) is 9.28. The molecule has 2 aromatic heterocycles. The van der Waals surface area contributed by atoms with Gasteiger partial charge in [0.1, 0.15) is 29.5 Å². The van der Waals surface area contributed by atoms with Gasteiger partial charge in [0.05, 0.1) is 5.69 Å². The average molecular weight is 380 g/mol. The van der Waals surface area contributed by atoms with E-state index in [9.17, 15) is 9.18 Å². The number of benzene rings is 1. The van der Waals surface area contributed by atoms with Crippen LogP contribution < -0.4 is 10.2 Å². The van der Waals surface area contributed by atoms with Crippen LogP contribution in [-0.4, -0.2) is 38.7 Å². The van der Waals surface area contributed by atoms with Crippen molar-refractivity contribution >= 4 is 17.5 Å². The summed E-state index contributed by atoms with van der Waals surface area (Å²) in [5.41, 5.74) is 1.73. The second-order valence-electron chi connectivity index (χ2n) is 6.81. The lowest BCUT2D eigenvalue weighted by Gasteiger charge is -2.27. The zero-order valence-corrected chi connectivity index (χ0v) is 15.6. The summed E-state index contributed by atoms with van der Waals surface area (Å²) in [5, 5.41) is 7.17. The first kappa shape index (κ1) is 18.1. The molecular weight excluding hydrogens is 359 g/mol. The van der Waals surface area contributed by atoms with Crippen molar-refractivity contribution in [3.05, 3.63) is 54.2 Å². The van der Waals surface area contributed by atoms with Crippen LogP contribution in [0.5, 0.6) is 0 Å². The molecule has 0 aliphatic carbocycles. The molecule has 1 N–H and O–H groups in total. The number of nitrogens with zero attached hydrogens (tertiary/aromatic N) is 5. The molecule has 0 atom stereocenters. The summed E-state index contributed by atoms with van der Waals surface area (Å²) in [6, 6.07) is 9.47. The quantitative estimate of drug-likeness (QED) is 0.752. The molecule has 1 fully saturated rings. The minimum atomic E-state index is -0.314. The molecule has 7 nitrogen and oxygen atoms in total. The Morgan fingerprint density at radius 2 is 1.82 bits per heavy atom. The van der Waals surface area contributed by atoms with E-state index in [1.54, 1.807) is 31.3 Å². The third-order valence-electron chi connectivity index (χ3n) is 4.83. The number of anilines is 2.